The van der Waals surface area contributed by atoms with Crippen LogP contribution in [0.25, 0.3) is 0 Å². The number of nitrogens with zero attached hydrogens (tertiary/aromatic N) is 2. The van der Waals surface area contributed by atoms with Crippen molar-refractivity contribution < 1.29 is 27.2 Å². The van der Waals surface area contributed by atoms with Crippen molar-refractivity contribution in [2.75, 3.05) is 6.54 Å². The van der Waals surface area contributed by atoms with Crippen LogP contribution in [0.5, 0.6) is 0 Å². The van der Waals surface area contributed by atoms with Gasteiger partial charge in [0, 0.05) is 18.9 Å². The molecule has 0 unspecified atom stereocenters. The van der Waals surface area contributed by atoms with Crippen LogP contribution < -0.4 is 0 Å². The normalized spacial score (nSPS) is 19.0. The van der Waals surface area contributed by atoms with Crippen molar-refractivity contribution >= 4 is 11.6 Å². The van der Waals surface area contributed by atoms with Gasteiger partial charge in [0.25, 0.3) is 0 Å². The van der Waals surface area contributed by atoms with Gasteiger partial charge in [-0.3, -0.25) is 4.79 Å². The molecule has 1 heterocycles. The van der Waals surface area contributed by atoms with Gasteiger partial charge in [-0.1, -0.05) is 42.3 Å². The molecule has 4 rings (SSSR count). The van der Waals surface area contributed by atoms with Gasteiger partial charge in [-0.05, 0) is 48.2 Å². The van der Waals surface area contributed by atoms with Crippen molar-refractivity contribution in [3.63, 3.8) is 0 Å². The molecule has 1 amide bonds. The molecular weight excluding hydrogens is 424 g/mol. The molecule has 0 aromatic heterocycles. The molecule has 2 aromatic carbocycles. The van der Waals surface area contributed by atoms with Gasteiger partial charge in [0.1, 0.15) is 5.82 Å². The summed E-state index contributed by atoms with van der Waals surface area (Å²) in [6.45, 7) is 0.296. The highest BCUT2D eigenvalue weighted by atomic mass is 19.4. The summed E-state index contributed by atoms with van der Waals surface area (Å²) in [5.74, 6) is -0.516. The quantitative estimate of drug-likeness (QED) is 0.544. The monoisotopic (exact) mass is 448 g/mol. The molecule has 0 saturated heterocycles. The zero-order chi connectivity index (χ0) is 22.7. The van der Waals surface area contributed by atoms with E-state index in [1.54, 1.807) is 23.1 Å². The second-order valence-corrected chi connectivity index (χ2v) is 8.37. The van der Waals surface area contributed by atoms with Crippen LogP contribution in [-0.2, 0) is 22.4 Å². The molecule has 1 aliphatic carbocycles. The molecule has 170 valence electrons. The van der Waals surface area contributed by atoms with Crippen molar-refractivity contribution in [3.05, 3.63) is 71.0 Å². The lowest BCUT2D eigenvalue weighted by molar-refractivity contribution is -0.137. The smallest absolute Gasteiger partial charge is 0.390 e. The van der Waals surface area contributed by atoms with Gasteiger partial charge in [-0.2, -0.15) is 13.2 Å². The van der Waals surface area contributed by atoms with Crippen LogP contribution in [-0.4, -0.2) is 29.2 Å². The maximum absolute atomic E-state index is 13.2. The van der Waals surface area contributed by atoms with Crippen molar-refractivity contribution in [1.82, 2.24) is 4.90 Å². The third-order valence-corrected chi connectivity index (χ3v) is 5.98. The van der Waals surface area contributed by atoms with E-state index in [1.165, 1.54) is 18.2 Å². The number of hydrogen-bond donors (Lipinski definition) is 0. The Bertz CT molecular complexity index is 982. The fourth-order valence-corrected chi connectivity index (χ4v) is 4.31. The first-order valence-electron chi connectivity index (χ1n) is 10.7. The minimum atomic E-state index is -4.44. The Kier molecular flexibility index (Phi) is 6.48. The second-order valence-electron chi connectivity index (χ2n) is 8.37. The molecule has 1 atom stereocenters. The summed E-state index contributed by atoms with van der Waals surface area (Å²) in [4.78, 5) is 20.3. The van der Waals surface area contributed by atoms with E-state index in [9.17, 15) is 22.4 Å². The van der Waals surface area contributed by atoms with Crippen LogP contribution in [0.3, 0.4) is 0 Å². The van der Waals surface area contributed by atoms with Gasteiger partial charge in [0.15, 0.2) is 6.10 Å². The summed E-state index contributed by atoms with van der Waals surface area (Å²) < 4.78 is 52.6. The van der Waals surface area contributed by atoms with Crippen molar-refractivity contribution in [2.45, 2.75) is 50.9 Å². The second kappa shape index (κ2) is 9.30. The van der Waals surface area contributed by atoms with Gasteiger partial charge < -0.3 is 9.74 Å². The Morgan fingerprint density at radius 1 is 1.09 bits per heavy atom. The summed E-state index contributed by atoms with van der Waals surface area (Å²) >= 11 is 0. The molecule has 0 N–H and O–H groups in total. The van der Waals surface area contributed by atoms with E-state index in [0.29, 0.717) is 17.7 Å². The first-order valence-corrected chi connectivity index (χ1v) is 10.7. The van der Waals surface area contributed by atoms with Gasteiger partial charge in [-0.25, -0.2) is 4.39 Å². The Morgan fingerprint density at radius 3 is 2.50 bits per heavy atom. The molecule has 32 heavy (non-hydrogen) atoms. The van der Waals surface area contributed by atoms with Crippen LogP contribution in [0.1, 0.15) is 48.8 Å². The highest BCUT2D eigenvalue weighted by Gasteiger charge is 2.33. The average molecular weight is 448 g/mol. The lowest BCUT2D eigenvalue weighted by Gasteiger charge is -2.28. The minimum Gasteiger partial charge on any atom is -0.390 e. The van der Waals surface area contributed by atoms with Gasteiger partial charge in [0.05, 0.1) is 17.8 Å². The number of carbonyl (C=O) groups excluding carboxylic acids is 1. The van der Waals surface area contributed by atoms with Gasteiger partial charge >= 0.3 is 6.18 Å². The van der Waals surface area contributed by atoms with Gasteiger partial charge in [-0.15, -0.1) is 0 Å². The summed E-state index contributed by atoms with van der Waals surface area (Å²) in [5.41, 5.74) is 1.08. The van der Waals surface area contributed by atoms with Crippen LogP contribution in [0.4, 0.5) is 17.6 Å². The van der Waals surface area contributed by atoms with E-state index in [-0.39, 0.29) is 30.7 Å². The van der Waals surface area contributed by atoms with Crippen LogP contribution in [0.2, 0.25) is 0 Å². The molecule has 1 saturated carbocycles. The summed E-state index contributed by atoms with van der Waals surface area (Å²) in [6, 6.07) is 11.0. The molecule has 0 radical (unpaired) electrons. The first kappa shape index (κ1) is 22.3. The molecule has 0 spiro atoms. The Labute approximate surface area is 183 Å². The van der Waals surface area contributed by atoms with Crippen molar-refractivity contribution in [1.29, 1.82) is 0 Å². The third kappa shape index (κ3) is 5.29. The summed E-state index contributed by atoms with van der Waals surface area (Å²) in [6.07, 6.45) is -0.879. The van der Waals surface area contributed by atoms with E-state index >= 15 is 0 Å². The predicted molar refractivity (Wildman–Crippen MR) is 111 cm³/mol. The molecule has 1 fully saturated rings. The van der Waals surface area contributed by atoms with Crippen molar-refractivity contribution in [3.8, 4) is 0 Å². The lowest BCUT2D eigenvalue weighted by atomic mass is 10.0. The number of benzene rings is 2. The Morgan fingerprint density at radius 2 is 1.81 bits per heavy atom. The zero-order valence-electron chi connectivity index (χ0n) is 17.4. The number of rotatable bonds is 6. The highest BCUT2D eigenvalue weighted by Crippen LogP contribution is 2.31. The standard InChI is InChI=1S/C24H24F4N2O2/c25-20-10-8-17(9-11-20)22-13-21(32-29-22)15-30(23(31)18-5-1-2-6-18)14-16-4-3-7-19(12-16)24(26,27)28/h3-4,7-12,18,21H,1-2,5-6,13-15H2/t21-/m1/s1. The Balaban J connectivity index is 1.48. The molecule has 2 aromatic rings. The third-order valence-electron chi connectivity index (χ3n) is 5.98. The maximum Gasteiger partial charge on any atom is 0.416 e. The number of halogens is 4. The molecular formula is C24H24F4N2O2. The molecule has 8 heteroatoms. The summed E-state index contributed by atoms with van der Waals surface area (Å²) in [5, 5.41) is 4.09. The van der Waals surface area contributed by atoms with Crippen LogP contribution >= 0.6 is 0 Å². The topological polar surface area (TPSA) is 41.9 Å². The largest absolute Gasteiger partial charge is 0.416 e. The Hall–Kier alpha value is -2.90. The number of hydrogen-bond acceptors (Lipinski definition) is 3. The molecule has 2 aliphatic rings. The van der Waals surface area contributed by atoms with E-state index in [2.05, 4.69) is 5.16 Å². The minimum absolute atomic E-state index is 0.0567. The highest BCUT2D eigenvalue weighted by molar-refractivity contribution is 6.01. The van der Waals surface area contributed by atoms with Crippen molar-refractivity contribution in [2.24, 2.45) is 11.1 Å². The van der Waals surface area contributed by atoms with Crippen LogP contribution in [0, 0.1) is 11.7 Å². The van der Waals surface area contributed by atoms with E-state index in [4.69, 9.17) is 4.84 Å². The van der Waals surface area contributed by atoms with E-state index < -0.39 is 17.8 Å². The molecule has 4 nitrogen and oxygen atoms in total. The summed E-state index contributed by atoms with van der Waals surface area (Å²) in [7, 11) is 0. The van der Waals surface area contributed by atoms with E-state index in [1.807, 2.05) is 0 Å². The number of alkyl halides is 3. The number of carbonyl (C=O) groups is 1. The SMILES string of the molecule is O=C(C1CCCC1)N(Cc1cccc(C(F)(F)F)c1)C[C@H]1CC(c2ccc(F)cc2)=NO1. The average Bonchev–Trinajstić information content (AvgIpc) is 3.45. The van der Waals surface area contributed by atoms with Gasteiger partial charge in [0.2, 0.25) is 5.91 Å². The number of amides is 1. The zero-order valence-corrected chi connectivity index (χ0v) is 17.4. The first-order chi connectivity index (χ1) is 15.3. The van der Waals surface area contributed by atoms with E-state index in [0.717, 1.165) is 43.4 Å². The molecule has 0 bridgehead atoms. The molecule has 1 aliphatic heterocycles. The fraction of sp³-hybridized carbons (Fsp3) is 0.417. The lowest BCUT2D eigenvalue weighted by Crippen LogP contribution is -2.40. The fourth-order valence-electron chi connectivity index (χ4n) is 4.31. The predicted octanol–water partition coefficient (Wildman–Crippen LogP) is 5.56. The van der Waals surface area contributed by atoms with Crippen LogP contribution in [0.15, 0.2) is 53.7 Å². The number of oxime groups is 1. The maximum atomic E-state index is 13.2.